The van der Waals surface area contributed by atoms with Crippen LogP contribution in [0.5, 0.6) is 0 Å². The normalized spacial score (nSPS) is 10.3. The van der Waals surface area contributed by atoms with Gasteiger partial charge in [-0.15, -0.1) is 0 Å². The van der Waals surface area contributed by atoms with Gasteiger partial charge in [-0.25, -0.2) is 0 Å². The van der Waals surface area contributed by atoms with Crippen LogP contribution in [-0.4, -0.2) is 0 Å². The molecule has 0 aromatic heterocycles. The molecule has 1 rings (SSSR count). The molecule has 0 radical (unpaired) electrons. The molecule has 1 aromatic carbocycles. The molecule has 1 nitrogen and oxygen atoms in total. The predicted octanol–water partition coefficient (Wildman–Crippen LogP) is 3.48. The Kier molecular flexibility index (Phi) is 5.09. The maximum absolute atomic E-state index is 11.5. The molecule has 0 amide bonds. The lowest BCUT2D eigenvalue weighted by atomic mass is 10.1. The molecule has 0 fully saturated rings. The minimum Gasteiger partial charge on any atom is -0.290 e. The van der Waals surface area contributed by atoms with Crippen LogP contribution in [0.3, 0.4) is 0 Å². The Hall–Kier alpha value is -1.11. The van der Waals surface area contributed by atoms with E-state index in [-0.39, 0.29) is 5.43 Å². The van der Waals surface area contributed by atoms with Crippen LogP contribution in [0.1, 0.15) is 43.7 Å². The third-order valence-electron chi connectivity index (χ3n) is 2.68. The second-order valence-electron chi connectivity index (χ2n) is 4.10. The van der Waals surface area contributed by atoms with E-state index < -0.39 is 0 Å². The fraction of sp³-hybridized carbons (Fsp3) is 0.500. The van der Waals surface area contributed by atoms with Crippen LogP contribution in [-0.2, 0) is 6.42 Å². The smallest absolute Gasteiger partial charge is 0.181 e. The van der Waals surface area contributed by atoms with Crippen molar-refractivity contribution in [3.63, 3.8) is 0 Å². The van der Waals surface area contributed by atoms with E-state index in [1.54, 1.807) is 6.07 Å². The van der Waals surface area contributed by atoms with E-state index in [0.29, 0.717) is 0 Å². The number of hydrogen-bond acceptors (Lipinski definition) is 1. The Labute approximate surface area is 92.2 Å². The average Bonchev–Trinajstić information content (AvgIpc) is 2.37. The van der Waals surface area contributed by atoms with Crippen molar-refractivity contribution in [1.29, 1.82) is 0 Å². The van der Waals surface area contributed by atoms with Gasteiger partial charge in [-0.05, 0) is 37.0 Å². The van der Waals surface area contributed by atoms with Crippen LogP contribution < -0.4 is 5.43 Å². The zero-order valence-corrected chi connectivity index (χ0v) is 9.75. The van der Waals surface area contributed by atoms with Gasteiger partial charge in [0.15, 0.2) is 5.43 Å². The first-order valence-electron chi connectivity index (χ1n) is 5.84. The fourth-order valence-corrected chi connectivity index (χ4v) is 1.64. The molecular formula is C14H20O. The Morgan fingerprint density at radius 1 is 1.13 bits per heavy atom. The monoisotopic (exact) mass is 204 g/mol. The molecule has 0 bridgehead atoms. The molecule has 0 aliphatic carbocycles. The molecule has 1 heteroatoms. The van der Waals surface area contributed by atoms with E-state index in [4.69, 9.17) is 0 Å². The van der Waals surface area contributed by atoms with Crippen LogP contribution in [0.15, 0.2) is 29.1 Å². The first-order valence-corrected chi connectivity index (χ1v) is 5.84. The predicted molar refractivity (Wildman–Crippen MR) is 65.3 cm³/mol. The van der Waals surface area contributed by atoms with E-state index in [0.717, 1.165) is 12.0 Å². The van der Waals surface area contributed by atoms with Gasteiger partial charge in [0.1, 0.15) is 0 Å². The van der Waals surface area contributed by atoms with Gasteiger partial charge >= 0.3 is 0 Å². The van der Waals surface area contributed by atoms with Gasteiger partial charge in [-0.1, -0.05) is 44.4 Å². The Morgan fingerprint density at radius 3 is 2.67 bits per heavy atom. The van der Waals surface area contributed by atoms with Gasteiger partial charge in [0.25, 0.3) is 0 Å². The highest BCUT2D eigenvalue weighted by molar-refractivity contribution is 5.19. The van der Waals surface area contributed by atoms with Crippen LogP contribution in [0, 0.1) is 6.92 Å². The third-order valence-corrected chi connectivity index (χ3v) is 2.68. The maximum Gasteiger partial charge on any atom is 0.181 e. The summed E-state index contributed by atoms with van der Waals surface area (Å²) in [5.41, 5.74) is 2.16. The second kappa shape index (κ2) is 6.39. The van der Waals surface area contributed by atoms with Crippen molar-refractivity contribution in [2.24, 2.45) is 0 Å². The highest BCUT2D eigenvalue weighted by Gasteiger charge is 1.95. The SMILES string of the molecule is CCCCCCc1cccc(C)c(=O)c1. The minimum atomic E-state index is 0.158. The zero-order chi connectivity index (χ0) is 11.1. The van der Waals surface area contributed by atoms with Crippen LogP contribution in [0.25, 0.3) is 0 Å². The quantitative estimate of drug-likeness (QED) is 0.671. The molecule has 82 valence electrons. The van der Waals surface area contributed by atoms with Gasteiger partial charge in [-0.2, -0.15) is 0 Å². The maximum atomic E-state index is 11.5. The van der Waals surface area contributed by atoms with E-state index in [1.165, 1.54) is 31.2 Å². The summed E-state index contributed by atoms with van der Waals surface area (Å²) in [6, 6.07) is 7.70. The summed E-state index contributed by atoms with van der Waals surface area (Å²) < 4.78 is 0. The van der Waals surface area contributed by atoms with Crippen molar-refractivity contribution in [1.82, 2.24) is 0 Å². The molecule has 15 heavy (non-hydrogen) atoms. The number of rotatable bonds is 5. The van der Waals surface area contributed by atoms with Gasteiger partial charge in [-0.3, -0.25) is 4.79 Å². The van der Waals surface area contributed by atoms with Gasteiger partial charge in [0.05, 0.1) is 0 Å². The van der Waals surface area contributed by atoms with Crippen molar-refractivity contribution in [2.45, 2.75) is 46.0 Å². The minimum absolute atomic E-state index is 0.158. The van der Waals surface area contributed by atoms with Crippen molar-refractivity contribution in [3.8, 4) is 0 Å². The first kappa shape index (κ1) is 12.0. The van der Waals surface area contributed by atoms with Crippen molar-refractivity contribution < 1.29 is 0 Å². The molecule has 0 atom stereocenters. The summed E-state index contributed by atoms with van der Waals surface area (Å²) in [5.74, 6) is 0. The summed E-state index contributed by atoms with van der Waals surface area (Å²) in [6.07, 6.45) is 6.04. The Bertz CT molecular complexity index is 355. The Morgan fingerprint density at radius 2 is 1.93 bits per heavy atom. The third kappa shape index (κ3) is 4.28. The molecule has 0 unspecified atom stereocenters. The summed E-state index contributed by atoms with van der Waals surface area (Å²) in [6.45, 7) is 4.07. The summed E-state index contributed by atoms with van der Waals surface area (Å²) >= 11 is 0. The lowest BCUT2D eigenvalue weighted by Crippen LogP contribution is -1.99. The molecular weight excluding hydrogens is 184 g/mol. The molecule has 0 saturated carbocycles. The van der Waals surface area contributed by atoms with E-state index in [9.17, 15) is 4.79 Å². The van der Waals surface area contributed by atoms with E-state index >= 15 is 0 Å². The average molecular weight is 204 g/mol. The largest absolute Gasteiger partial charge is 0.290 e. The molecule has 1 aromatic rings. The lowest BCUT2D eigenvalue weighted by Gasteiger charge is -1.97. The molecule has 0 N–H and O–H groups in total. The van der Waals surface area contributed by atoms with Crippen LogP contribution in [0.4, 0.5) is 0 Å². The number of hydrogen-bond donors (Lipinski definition) is 0. The highest BCUT2D eigenvalue weighted by Crippen LogP contribution is 2.05. The van der Waals surface area contributed by atoms with E-state index in [2.05, 4.69) is 13.0 Å². The van der Waals surface area contributed by atoms with Gasteiger partial charge in [0, 0.05) is 0 Å². The highest BCUT2D eigenvalue weighted by atomic mass is 16.1. The molecule has 0 aliphatic heterocycles. The van der Waals surface area contributed by atoms with Crippen LogP contribution >= 0.6 is 0 Å². The van der Waals surface area contributed by atoms with Crippen LogP contribution in [0.2, 0.25) is 0 Å². The van der Waals surface area contributed by atoms with E-state index in [1.807, 2.05) is 19.1 Å². The second-order valence-corrected chi connectivity index (χ2v) is 4.10. The molecule has 0 heterocycles. The fourth-order valence-electron chi connectivity index (χ4n) is 1.64. The Balaban J connectivity index is 2.59. The molecule has 0 saturated heterocycles. The van der Waals surface area contributed by atoms with Crippen molar-refractivity contribution in [2.75, 3.05) is 0 Å². The summed E-state index contributed by atoms with van der Waals surface area (Å²) in [4.78, 5) is 11.5. The topological polar surface area (TPSA) is 17.1 Å². The molecule has 0 aliphatic rings. The number of unbranched alkanes of at least 4 members (excludes halogenated alkanes) is 3. The van der Waals surface area contributed by atoms with Crippen molar-refractivity contribution >= 4 is 0 Å². The first-order chi connectivity index (χ1) is 7.24. The standard InChI is InChI=1S/C14H20O/c1-3-4-5-6-9-13-10-7-8-12(2)14(15)11-13/h7-8,10-11H,3-6,9H2,1-2H3. The summed E-state index contributed by atoms with van der Waals surface area (Å²) in [7, 11) is 0. The zero-order valence-electron chi connectivity index (χ0n) is 9.75. The number of aryl methyl sites for hydroxylation is 2. The summed E-state index contributed by atoms with van der Waals surface area (Å²) in [5, 5.41) is 0. The van der Waals surface area contributed by atoms with Gasteiger partial charge in [0.2, 0.25) is 0 Å². The van der Waals surface area contributed by atoms with Gasteiger partial charge < -0.3 is 0 Å². The van der Waals surface area contributed by atoms with Crippen molar-refractivity contribution in [3.05, 3.63) is 45.6 Å². The lowest BCUT2D eigenvalue weighted by molar-refractivity contribution is 0.667. The molecule has 0 spiro atoms.